The normalized spacial score (nSPS) is 17.4. The highest BCUT2D eigenvalue weighted by molar-refractivity contribution is 8.00. The number of hydrogen-bond donors (Lipinski definition) is 1. The van der Waals surface area contributed by atoms with Crippen molar-refractivity contribution in [2.45, 2.75) is 27.3 Å². The van der Waals surface area contributed by atoms with Gasteiger partial charge in [-0.3, -0.25) is 9.71 Å². The SMILES string of the molecule is CCOc1ccccc1CN=C1NS(=O)(=O)C(c2ccc(C)cc2)=C1C. The van der Waals surface area contributed by atoms with E-state index in [0.29, 0.717) is 30.1 Å². The zero-order valence-corrected chi connectivity index (χ0v) is 15.9. The maximum Gasteiger partial charge on any atom is 0.264 e. The minimum atomic E-state index is -3.61. The summed E-state index contributed by atoms with van der Waals surface area (Å²) < 4.78 is 33.3. The molecule has 26 heavy (non-hydrogen) atoms. The van der Waals surface area contributed by atoms with Gasteiger partial charge in [0.25, 0.3) is 10.0 Å². The van der Waals surface area contributed by atoms with Crippen LogP contribution >= 0.6 is 0 Å². The fourth-order valence-corrected chi connectivity index (χ4v) is 4.41. The Morgan fingerprint density at radius 1 is 1.04 bits per heavy atom. The number of sulfonamides is 1. The lowest BCUT2D eigenvalue weighted by atomic mass is 10.1. The van der Waals surface area contributed by atoms with Gasteiger partial charge in [-0.15, -0.1) is 0 Å². The van der Waals surface area contributed by atoms with E-state index in [1.165, 1.54) is 0 Å². The summed E-state index contributed by atoms with van der Waals surface area (Å²) in [5, 5.41) is 0. The number of rotatable bonds is 5. The van der Waals surface area contributed by atoms with Gasteiger partial charge >= 0.3 is 0 Å². The molecular formula is C20H22N2O3S. The summed E-state index contributed by atoms with van der Waals surface area (Å²) in [7, 11) is -3.61. The molecule has 2 aromatic rings. The molecule has 0 atom stereocenters. The minimum absolute atomic E-state index is 0.286. The second kappa shape index (κ2) is 7.33. The van der Waals surface area contributed by atoms with Gasteiger partial charge in [-0.2, -0.15) is 0 Å². The highest BCUT2D eigenvalue weighted by atomic mass is 32.2. The number of nitrogens with zero attached hydrogens (tertiary/aromatic N) is 1. The van der Waals surface area contributed by atoms with E-state index in [4.69, 9.17) is 4.74 Å². The second-order valence-electron chi connectivity index (χ2n) is 6.13. The van der Waals surface area contributed by atoms with Crippen molar-refractivity contribution in [3.63, 3.8) is 0 Å². The van der Waals surface area contributed by atoms with Crippen molar-refractivity contribution < 1.29 is 13.2 Å². The van der Waals surface area contributed by atoms with Gasteiger partial charge in [0.2, 0.25) is 0 Å². The van der Waals surface area contributed by atoms with Gasteiger partial charge in [0.15, 0.2) is 0 Å². The number of para-hydroxylation sites is 1. The molecule has 0 amide bonds. The summed E-state index contributed by atoms with van der Waals surface area (Å²) in [6.07, 6.45) is 0. The monoisotopic (exact) mass is 370 g/mol. The van der Waals surface area contributed by atoms with Gasteiger partial charge in [0, 0.05) is 11.1 Å². The van der Waals surface area contributed by atoms with Gasteiger partial charge in [-0.05, 0) is 32.4 Å². The molecule has 136 valence electrons. The topological polar surface area (TPSA) is 67.8 Å². The van der Waals surface area contributed by atoms with E-state index in [2.05, 4.69) is 9.71 Å². The quantitative estimate of drug-likeness (QED) is 0.873. The van der Waals surface area contributed by atoms with Crippen molar-refractivity contribution in [3.05, 3.63) is 70.8 Å². The lowest BCUT2D eigenvalue weighted by molar-refractivity contribution is 0.336. The van der Waals surface area contributed by atoms with Crippen LogP contribution < -0.4 is 9.46 Å². The average molecular weight is 370 g/mol. The second-order valence-corrected chi connectivity index (χ2v) is 7.75. The van der Waals surface area contributed by atoms with Crippen LogP contribution in [0.1, 0.15) is 30.5 Å². The number of amidine groups is 1. The summed E-state index contributed by atoms with van der Waals surface area (Å²) >= 11 is 0. The van der Waals surface area contributed by atoms with Crippen LogP contribution in [0.25, 0.3) is 4.91 Å². The van der Waals surface area contributed by atoms with E-state index in [0.717, 1.165) is 16.9 Å². The fourth-order valence-electron chi connectivity index (χ4n) is 2.89. The number of hydrogen-bond acceptors (Lipinski definition) is 4. The molecule has 0 bridgehead atoms. The third-order valence-electron chi connectivity index (χ3n) is 4.19. The molecule has 3 rings (SSSR count). The first-order valence-electron chi connectivity index (χ1n) is 8.48. The van der Waals surface area contributed by atoms with Crippen LogP contribution in [-0.2, 0) is 16.6 Å². The molecule has 2 aromatic carbocycles. The Labute approximate surface area is 154 Å². The molecule has 0 spiro atoms. The Balaban J connectivity index is 1.94. The van der Waals surface area contributed by atoms with Crippen molar-refractivity contribution in [3.8, 4) is 5.75 Å². The summed E-state index contributed by atoms with van der Waals surface area (Å²) in [6, 6.07) is 15.1. The Morgan fingerprint density at radius 2 is 1.73 bits per heavy atom. The third kappa shape index (κ3) is 3.65. The largest absolute Gasteiger partial charge is 0.494 e. The van der Waals surface area contributed by atoms with Crippen LogP contribution in [0.3, 0.4) is 0 Å². The molecule has 0 fully saturated rings. The standard InChI is InChI=1S/C20H22N2O3S/c1-4-25-18-8-6-5-7-17(18)13-21-20-15(3)19(26(23,24)22-20)16-11-9-14(2)10-12-16/h5-12H,4,13H2,1-3H3,(H,21,22). The van der Waals surface area contributed by atoms with Crippen molar-refractivity contribution in [2.75, 3.05) is 6.61 Å². The number of aliphatic imine (C=N–C) groups is 1. The van der Waals surface area contributed by atoms with Crippen molar-refractivity contribution in [2.24, 2.45) is 4.99 Å². The van der Waals surface area contributed by atoms with Crippen LogP contribution in [0.4, 0.5) is 0 Å². The van der Waals surface area contributed by atoms with E-state index >= 15 is 0 Å². The minimum Gasteiger partial charge on any atom is -0.494 e. The van der Waals surface area contributed by atoms with Gasteiger partial charge in [-0.1, -0.05) is 48.0 Å². The van der Waals surface area contributed by atoms with E-state index in [1.54, 1.807) is 6.92 Å². The Bertz CT molecular complexity index is 974. The molecule has 6 heteroatoms. The number of ether oxygens (including phenoxy) is 1. The first-order valence-corrected chi connectivity index (χ1v) is 9.97. The highest BCUT2D eigenvalue weighted by Gasteiger charge is 2.32. The van der Waals surface area contributed by atoms with E-state index in [1.807, 2.05) is 62.4 Å². The Morgan fingerprint density at radius 3 is 2.42 bits per heavy atom. The molecule has 0 unspecified atom stereocenters. The van der Waals surface area contributed by atoms with Gasteiger partial charge in [0.1, 0.15) is 16.5 Å². The molecule has 0 saturated carbocycles. The van der Waals surface area contributed by atoms with E-state index < -0.39 is 10.0 Å². The summed E-state index contributed by atoms with van der Waals surface area (Å²) in [4.78, 5) is 4.78. The molecule has 0 radical (unpaired) electrons. The van der Waals surface area contributed by atoms with Crippen LogP contribution in [0.5, 0.6) is 5.75 Å². The summed E-state index contributed by atoms with van der Waals surface area (Å²) in [5.41, 5.74) is 3.29. The first kappa shape index (κ1) is 18.2. The molecule has 0 aromatic heterocycles. The average Bonchev–Trinajstić information content (AvgIpc) is 2.84. The third-order valence-corrected chi connectivity index (χ3v) is 5.73. The van der Waals surface area contributed by atoms with Crippen LogP contribution in [0.2, 0.25) is 0 Å². The fraction of sp³-hybridized carbons (Fsp3) is 0.250. The van der Waals surface area contributed by atoms with Gasteiger partial charge in [0.05, 0.1) is 13.2 Å². The van der Waals surface area contributed by atoms with E-state index in [9.17, 15) is 8.42 Å². The molecule has 5 nitrogen and oxygen atoms in total. The zero-order chi connectivity index (χ0) is 18.7. The van der Waals surface area contributed by atoms with Crippen LogP contribution in [0, 0.1) is 6.92 Å². The predicted molar refractivity (Wildman–Crippen MR) is 105 cm³/mol. The lowest BCUT2D eigenvalue weighted by Crippen LogP contribution is -2.23. The smallest absolute Gasteiger partial charge is 0.264 e. The number of nitrogens with one attached hydrogen (secondary N) is 1. The number of benzene rings is 2. The highest BCUT2D eigenvalue weighted by Crippen LogP contribution is 2.30. The van der Waals surface area contributed by atoms with Crippen LogP contribution in [-0.4, -0.2) is 20.9 Å². The van der Waals surface area contributed by atoms with Crippen LogP contribution in [0.15, 0.2) is 59.1 Å². The van der Waals surface area contributed by atoms with Crippen molar-refractivity contribution in [1.29, 1.82) is 0 Å². The summed E-state index contributed by atoms with van der Waals surface area (Å²) in [5.74, 6) is 1.15. The Kier molecular flexibility index (Phi) is 5.13. The Hall–Kier alpha value is -2.60. The van der Waals surface area contributed by atoms with E-state index in [-0.39, 0.29) is 4.91 Å². The molecule has 1 aliphatic heterocycles. The zero-order valence-electron chi connectivity index (χ0n) is 15.1. The lowest BCUT2D eigenvalue weighted by Gasteiger charge is -2.08. The maximum absolute atomic E-state index is 12.6. The summed E-state index contributed by atoms with van der Waals surface area (Å²) in [6.45, 7) is 6.58. The van der Waals surface area contributed by atoms with Crippen molar-refractivity contribution in [1.82, 2.24) is 4.72 Å². The first-order chi connectivity index (χ1) is 12.4. The molecule has 1 heterocycles. The predicted octanol–water partition coefficient (Wildman–Crippen LogP) is 3.66. The molecule has 1 N–H and O–H groups in total. The van der Waals surface area contributed by atoms with Gasteiger partial charge in [-0.25, -0.2) is 8.42 Å². The van der Waals surface area contributed by atoms with Crippen molar-refractivity contribution >= 4 is 20.8 Å². The van der Waals surface area contributed by atoms with Gasteiger partial charge < -0.3 is 4.74 Å². The molecular weight excluding hydrogens is 348 g/mol. The molecule has 1 aliphatic rings. The number of aryl methyl sites for hydroxylation is 1. The maximum atomic E-state index is 12.6. The molecule has 0 saturated heterocycles. The molecule has 0 aliphatic carbocycles.